The van der Waals surface area contributed by atoms with E-state index in [1.54, 1.807) is 32.2 Å². The van der Waals surface area contributed by atoms with Crippen LogP contribution in [0.25, 0.3) is 0 Å². The molecule has 0 aliphatic carbocycles. The summed E-state index contributed by atoms with van der Waals surface area (Å²) in [6.07, 6.45) is 6.92. The lowest BCUT2D eigenvalue weighted by atomic mass is 9.86. The number of hydrogen-bond acceptors (Lipinski definition) is 7. The minimum Gasteiger partial charge on any atom is -0.446 e. The van der Waals surface area contributed by atoms with Crippen LogP contribution in [0.2, 0.25) is 0 Å². The number of halogens is 1. The van der Waals surface area contributed by atoms with Crippen molar-refractivity contribution in [3.63, 3.8) is 0 Å². The number of carbonyl (C=O) groups excluding carboxylic acids is 2. The maximum Gasteiger partial charge on any atom is 0.409 e. The number of carbonyl (C=O) groups is 2. The molecule has 0 saturated carbocycles. The Hall–Kier alpha value is -2.43. The van der Waals surface area contributed by atoms with Crippen molar-refractivity contribution < 1.29 is 34.0 Å². The lowest BCUT2D eigenvalue weighted by Crippen LogP contribution is -2.63. The molecule has 2 aliphatic heterocycles. The first kappa shape index (κ1) is 31.8. The van der Waals surface area contributed by atoms with Crippen molar-refractivity contribution in [2.75, 3.05) is 27.9 Å². The molecule has 1 fully saturated rings. The molecule has 0 aromatic carbocycles. The summed E-state index contributed by atoms with van der Waals surface area (Å²) in [4.78, 5) is 26.9. The van der Waals surface area contributed by atoms with Crippen molar-refractivity contribution in [3.05, 3.63) is 58.8 Å². The van der Waals surface area contributed by atoms with E-state index < -0.39 is 36.0 Å². The van der Waals surface area contributed by atoms with Crippen LogP contribution in [0.3, 0.4) is 0 Å². The van der Waals surface area contributed by atoms with Gasteiger partial charge in [-0.3, -0.25) is 10.1 Å². The van der Waals surface area contributed by atoms with Crippen LogP contribution in [0.4, 0.5) is 4.79 Å². The van der Waals surface area contributed by atoms with Gasteiger partial charge in [-0.05, 0) is 37.8 Å². The molecule has 212 valence electrons. The molecule has 0 spiro atoms. The fraction of sp³-hybridized carbons (Fsp3) is 0.571. The number of alkyl carbamates (subject to hydrolysis) is 1. The number of nitrogens with one attached hydrogen (secondary N) is 1. The summed E-state index contributed by atoms with van der Waals surface area (Å²) >= 11 is 6.52. The average Bonchev–Trinajstić information content (AvgIpc) is 2.86. The molecule has 2 aliphatic rings. The summed E-state index contributed by atoms with van der Waals surface area (Å²) < 4.78 is 16.1. The second-order valence-corrected chi connectivity index (χ2v) is 10.3. The molecule has 2 amide bonds. The summed E-state index contributed by atoms with van der Waals surface area (Å²) in [5.41, 5.74) is 0.581. The highest BCUT2D eigenvalue weighted by atomic mass is 35.5. The number of hydrogen-bond donors (Lipinski definition) is 3. The van der Waals surface area contributed by atoms with Crippen molar-refractivity contribution >= 4 is 23.6 Å². The molecule has 2 bridgehead atoms. The van der Waals surface area contributed by atoms with Crippen LogP contribution in [0.5, 0.6) is 0 Å². The van der Waals surface area contributed by atoms with Crippen LogP contribution in [0.1, 0.15) is 46.0 Å². The molecule has 1 saturated heterocycles. The Balaban J connectivity index is 2.50. The van der Waals surface area contributed by atoms with Crippen molar-refractivity contribution in [2.45, 2.75) is 70.0 Å². The zero-order chi connectivity index (χ0) is 28.5. The van der Waals surface area contributed by atoms with Gasteiger partial charge in [0.1, 0.15) is 12.2 Å². The van der Waals surface area contributed by atoms with Crippen LogP contribution < -0.4 is 5.32 Å². The molecule has 2 unspecified atom stereocenters. The molecule has 10 heteroatoms. The molecule has 2 heterocycles. The van der Waals surface area contributed by atoms with E-state index in [0.717, 1.165) is 11.1 Å². The van der Waals surface area contributed by atoms with Crippen LogP contribution in [0.15, 0.2) is 58.8 Å². The van der Waals surface area contributed by atoms with Gasteiger partial charge in [-0.15, -0.1) is 0 Å². The maximum absolute atomic E-state index is 13.1. The van der Waals surface area contributed by atoms with Crippen LogP contribution in [-0.2, 0) is 19.0 Å². The quantitative estimate of drug-likeness (QED) is 0.483. The molecular formula is C28H41ClN2O7. The van der Waals surface area contributed by atoms with Gasteiger partial charge < -0.3 is 29.3 Å². The first-order valence-corrected chi connectivity index (χ1v) is 13.1. The Morgan fingerprint density at radius 1 is 1.39 bits per heavy atom. The number of amides is 2. The van der Waals surface area contributed by atoms with E-state index in [9.17, 15) is 19.8 Å². The minimum atomic E-state index is -1.73. The number of ether oxygens (including phenoxy) is 3. The first-order chi connectivity index (χ1) is 17.9. The van der Waals surface area contributed by atoms with Crippen LogP contribution in [0, 0.1) is 5.92 Å². The lowest BCUT2D eigenvalue weighted by molar-refractivity contribution is -0.148. The Morgan fingerprint density at radius 3 is 2.74 bits per heavy atom. The molecule has 3 N–H and O–H groups in total. The van der Waals surface area contributed by atoms with Crippen molar-refractivity contribution in [3.8, 4) is 0 Å². The van der Waals surface area contributed by atoms with E-state index in [0.29, 0.717) is 30.0 Å². The summed E-state index contributed by atoms with van der Waals surface area (Å²) in [7, 11) is 4.62. The van der Waals surface area contributed by atoms with Gasteiger partial charge in [-0.25, -0.2) is 4.79 Å². The maximum atomic E-state index is 13.1. The first-order valence-electron chi connectivity index (χ1n) is 12.7. The lowest BCUT2D eigenvalue weighted by Gasteiger charge is -2.42. The third kappa shape index (κ3) is 8.54. The number of fused-ring (bicyclic) bond motifs is 2. The largest absolute Gasteiger partial charge is 0.446 e. The SMILES string of the molecule is C=C/C1=C\C(=C(\Cl)COC)N(C)C(=O)CCCC(O)[C@H](C)C2C[C@@](O)(NC(=O)O2)[C@H](OC)/C=C/C=C(\C)C1. The highest BCUT2D eigenvalue weighted by Crippen LogP contribution is 2.31. The average molecular weight is 553 g/mol. The van der Waals surface area contributed by atoms with Gasteiger partial charge in [0.2, 0.25) is 5.91 Å². The zero-order valence-electron chi connectivity index (χ0n) is 22.9. The van der Waals surface area contributed by atoms with Gasteiger partial charge in [-0.1, -0.05) is 55.0 Å². The summed E-state index contributed by atoms with van der Waals surface area (Å²) in [5.74, 6) is -0.664. The standard InChI is InChI=1S/C28H41ClN2O7/c1-7-20-14-18(2)10-8-12-25(37-6)28(35)16-24(38-27(34)30-28)19(3)23(32)11-9-13-26(33)31(4)22(15-20)21(29)17-36-5/h7-8,10,12,15,19,23-25,32,35H,1,9,11,13-14,16-17H2,2-6H3,(H,30,34)/b12-8+,18-10+,20-15+,22-21-/t19-,23?,24?,25+,28-/m0/s1. The Morgan fingerprint density at radius 2 is 2.11 bits per heavy atom. The van der Waals surface area contributed by atoms with Gasteiger partial charge >= 0.3 is 6.09 Å². The monoisotopic (exact) mass is 552 g/mol. The Kier molecular flexibility index (Phi) is 12.3. The topological polar surface area (TPSA) is 118 Å². The van der Waals surface area contributed by atoms with Gasteiger partial charge in [-0.2, -0.15) is 0 Å². The number of aliphatic hydroxyl groups excluding tert-OH is 1. The zero-order valence-corrected chi connectivity index (χ0v) is 23.7. The molecular weight excluding hydrogens is 512 g/mol. The van der Waals surface area contributed by atoms with E-state index in [1.807, 2.05) is 19.1 Å². The number of likely N-dealkylation sites (N-methyl/N-ethyl adjacent to an activating group) is 1. The number of aliphatic hydroxyl groups is 2. The van der Waals surface area contributed by atoms with Crippen LogP contribution in [-0.4, -0.2) is 79.0 Å². The van der Waals surface area contributed by atoms with Crippen molar-refractivity contribution in [1.29, 1.82) is 0 Å². The predicted octanol–water partition coefficient (Wildman–Crippen LogP) is 3.93. The minimum absolute atomic E-state index is 0.0136. The van der Waals surface area contributed by atoms with E-state index in [1.165, 1.54) is 19.1 Å². The molecule has 2 rings (SSSR count). The summed E-state index contributed by atoms with van der Waals surface area (Å²) in [6, 6.07) is 0. The number of allylic oxidation sites excluding steroid dienone is 6. The number of methoxy groups -OCH3 is 2. The van der Waals surface area contributed by atoms with E-state index in [-0.39, 0.29) is 25.4 Å². The molecule has 5 atom stereocenters. The van der Waals surface area contributed by atoms with Gasteiger partial charge in [0.25, 0.3) is 0 Å². The molecule has 0 aromatic heterocycles. The van der Waals surface area contributed by atoms with Gasteiger partial charge in [0, 0.05) is 40.0 Å². The normalized spacial score (nSPS) is 35.2. The second-order valence-electron chi connectivity index (χ2n) is 9.85. The van der Waals surface area contributed by atoms with Gasteiger partial charge in [0.05, 0.1) is 23.4 Å². The van der Waals surface area contributed by atoms with Gasteiger partial charge in [0.15, 0.2) is 5.72 Å². The third-order valence-corrected chi connectivity index (χ3v) is 7.22. The highest BCUT2D eigenvalue weighted by molar-refractivity contribution is 6.30. The second kappa shape index (κ2) is 14.6. The smallest absolute Gasteiger partial charge is 0.409 e. The van der Waals surface area contributed by atoms with E-state index >= 15 is 0 Å². The molecule has 9 nitrogen and oxygen atoms in total. The highest BCUT2D eigenvalue weighted by Gasteiger charge is 2.47. The fourth-order valence-electron chi connectivity index (χ4n) is 4.55. The van der Waals surface area contributed by atoms with Crippen LogP contribution >= 0.6 is 11.6 Å². The molecule has 0 radical (unpaired) electrons. The summed E-state index contributed by atoms with van der Waals surface area (Å²) in [6.45, 7) is 7.73. The van der Waals surface area contributed by atoms with Crippen molar-refractivity contribution in [1.82, 2.24) is 10.2 Å². The van der Waals surface area contributed by atoms with Crippen molar-refractivity contribution in [2.24, 2.45) is 5.92 Å². The molecule has 38 heavy (non-hydrogen) atoms. The fourth-order valence-corrected chi connectivity index (χ4v) is 4.84. The molecule has 0 aromatic rings. The Bertz CT molecular complexity index is 990. The number of nitrogens with zero attached hydrogens (tertiary/aromatic N) is 1. The number of rotatable bonds is 4. The van der Waals surface area contributed by atoms with E-state index in [4.69, 9.17) is 25.8 Å². The Labute approximate surface area is 230 Å². The summed E-state index contributed by atoms with van der Waals surface area (Å²) in [5, 5.41) is 25.0. The van der Waals surface area contributed by atoms with E-state index in [2.05, 4.69) is 11.9 Å². The third-order valence-electron chi connectivity index (χ3n) is 6.92. The predicted molar refractivity (Wildman–Crippen MR) is 146 cm³/mol.